The van der Waals surface area contributed by atoms with Crippen LogP contribution in [0.15, 0.2) is 48.9 Å². The summed E-state index contributed by atoms with van der Waals surface area (Å²) in [6, 6.07) is 9.41. The van der Waals surface area contributed by atoms with Crippen LogP contribution in [0.1, 0.15) is 11.1 Å². The lowest BCUT2D eigenvalue weighted by Gasteiger charge is -2.08. The number of para-hydroxylation sites is 1. The third kappa shape index (κ3) is 4.81. The summed E-state index contributed by atoms with van der Waals surface area (Å²) in [6.07, 6.45) is 1.45. The highest BCUT2D eigenvalue weighted by Gasteiger charge is 2.12. The van der Waals surface area contributed by atoms with Crippen molar-refractivity contribution in [2.75, 3.05) is 11.9 Å². The number of hydrogen-bond acceptors (Lipinski definition) is 4. The molecule has 2 rings (SSSR count). The Labute approximate surface area is 164 Å². The van der Waals surface area contributed by atoms with E-state index in [-0.39, 0.29) is 18.2 Å². The number of rotatable bonds is 5. The van der Waals surface area contributed by atoms with Crippen LogP contribution >= 0.6 is 47.8 Å². The maximum Gasteiger partial charge on any atom is 0.259 e. The number of amides is 1. The van der Waals surface area contributed by atoms with E-state index in [4.69, 9.17) is 0 Å². The molecule has 0 atom stereocenters. The monoisotopic (exact) mass is 517 g/mol. The van der Waals surface area contributed by atoms with Crippen molar-refractivity contribution in [3.8, 4) is 5.75 Å². The van der Waals surface area contributed by atoms with E-state index < -0.39 is 0 Å². The van der Waals surface area contributed by atoms with Crippen molar-refractivity contribution >= 4 is 65.6 Å². The summed E-state index contributed by atoms with van der Waals surface area (Å²) < 4.78 is 1.74. The summed E-state index contributed by atoms with van der Waals surface area (Å²) in [5, 5.41) is 16.9. The number of carbonyl (C=O) groups excluding carboxylic acids is 1. The van der Waals surface area contributed by atoms with Crippen LogP contribution in [0.5, 0.6) is 5.75 Å². The molecule has 0 unspecified atom stereocenters. The third-order valence-corrected chi connectivity index (χ3v) is 5.21. The van der Waals surface area contributed by atoms with E-state index in [1.165, 1.54) is 6.21 Å². The van der Waals surface area contributed by atoms with Crippen molar-refractivity contribution in [3.05, 3.63) is 54.9 Å². The van der Waals surface area contributed by atoms with E-state index in [1.807, 2.05) is 31.2 Å². The fourth-order valence-electron chi connectivity index (χ4n) is 1.87. The molecule has 0 heterocycles. The van der Waals surface area contributed by atoms with Gasteiger partial charge in [-0.25, -0.2) is 5.43 Å². The molecule has 0 saturated carbocycles. The van der Waals surface area contributed by atoms with E-state index in [1.54, 1.807) is 6.07 Å². The number of nitrogens with zero attached hydrogens (tertiary/aromatic N) is 1. The second-order valence-electron chi connectivity index (χ2n) is 4.88. The van der Waals surface area contributed by atoms with Crippen LogP contribution in [-0.2, 0) is 4.79 Å². The van der Waals surface area contributed by atoms with Crippen molar-refractivity contribution in [1.29, 1.82) is 0 Å². The standard InChI is InChI=1S/C16H14Br3N3O2/c1-9-4-2-3-5-13(9)20-8-14(23)22-21-7-10-11(17)6-12(18)16(24)15(10)19/h2-7,20,24H,8H2,1H3,(H,22,23)/b21-7+. The normalized spacial score (nSPS) is 10.8. The number of hydrazone groups is 1. The predicted molar refractivity (Wildman–Crippen MR) is 107 cm³/mol. The Morgan fingerprint density at radius 2 is 1.96 bits per heavy atom. The molecule has 0 radical (unpaired) electrons. The predicted octanol–water partition coefficient (Wildman–Crippen LogP) is 4.55. The first-order valence-corrected chi connectivity index (χ1v) is 9.26. The molecule has 5 nitrogen and oxygen atoms in total. The van der Waals surface area contributed by atoms with Gasteiger partial charge >= 0.3 is 0 Å². The molecule has 1 amide bonds. The molecule has 126 valence electrons. The van der Waals surface area contributed by atoms with E-state index >= 15 is 0 Å². The summed E-state index contributed by atoms with van der Waals surface area (Å²) in [5.41, 5.74) is 5.02. The number of aryl methyl sites for hydroxylation is 1. The molecule has 8 heteroatoms. The molecule has 0 spiro atoms. The van der Waals surface area contributed by atoms with Gasteiger partial charge in [0, 0.05) is 15.7 Å². The van der Waals surface area contributed by atoms with Gasteiger partial charge in [-0.3, -0.25) is 4.79 Å². The first kappa shape index (κ1) is 19.0. The maximum atomic E-state index is 11.8. The fourth-order valence-corrected chi connectivity index (χ4v) is 4.19. The largest absolute Gasteiger partial charge is 0.506 e. The number of benzene rings is 2. The van der Waals surface area contributed by atoms with Gasteiger partial charge in [0.1, 0.15) is 5.75 Å². The highest BCUT2D eigenvalue weighted by Crippen LogP contribution is 2.38. The van der Waals surface area contributed by atoms with E-state index in [0.717, 1.165) is 15.7 Å². The Bertz CT molecular complexity index is 794. The summed E-state index contributed by atoms with van der Waals surface area (Å²) in [4.78, 5) is 11.8. The Balaban J connectivity index is 1.96. The molecule has 0 aliphatic rings. The molecule has 2 aromatic rings. The zero-order valence-electron chi connectivity index (χ0n) is 12.6. The van der Waals surface area contributed by atoms with Gasteiger partial charge < -0.3 is 10.4 Å². The van der Waals surface area contributed by atoms with Crippen LogP contribution in [0.2, 0.25) is 0 Å². The number of phenolic OH excluding ortho intramolecular Hbond substituents is 1. The van der Waals surface area contributed by atoms with Gasteiger partial charge in [0.05, 0.1) is 21.7 Å². The molecule has 0 aliphatic carbocycles. The van der Waals surface area contributed by atoms with Crippen LogP contribution in [0.3, 0.4) is 0 Å². The number of anilines is 1. The average molecular weight is 520 g/mol. The van der Waals surface area contributed by atoms with Crippen LogP contribution in [0, 0.1) is 6.92 Å². The van der Waals surface area contributed by atoms with Crippen molar-refractivity contribution in [1.82, 2.24) is 5.43 Å². The fraction of sp³-hybridized carbons (Fsp3) is 0.125. The van der Waals surface area contributed by atoms with Gasteiger partial charge in [-0.05, 0) is 56.5 Å². The Hall–Kier alpha value is -1.38. The van der Waals surface area contributed by atoms with Crippen LogP contribution < -0.4 is 10.7 Å². The number of halogens is 3. The van der Waals surface area contributed by atoms with Crippen molar-refractivity contribution in [2.45, 2.75) is 6.92 Å². The molecular formula is C16H14Br3N3O2. The molecule has 3 N–H and O–H groups in total. The van der Waals surface area contributed by atoms with Gasteiger partial charge in [-0.15, -0.1) is 0 Å². The lowest BCUT2D eigenvalue weighted by atomic mass is 10.2. The minimum Gasteiger partial charge on any atom is -0.506 e. The Kier molecular flexibility index (Phi) is 6.82. The molecule has 24 heavy (non-hydrogen) atoms. The zero-order chi connectivity index (χ0) is 17.7. The molecule has 0 bridgehead atoms. The van der Waals surface area contributed by atoms with E-state index in [0.29, 0.717) is 14.5 Å². The average Bonchev–Trinajstić information content (AvgIpc) is 2.55. The van der Waals surface area contributed by atoms with Crippen LogP contribution in [-0.4, -0.2) is 23.8 Å². The molecule has 0 aliphatic heterocycles. The smallest absolute Gasteiger partial charge is 0.259 e. The third-order valence-electron chi connectivity index (χ3n) is 3.15. The lowest BCUT2D eigenvalue weighted by Crippen LogP contribution is -2.26. The van der Waals surface area contributed by atoms with Crippen molar-refractivity contribution < 1.29 is 9.90 Å². The van der Waals surface area contributed by atoms with Gasteiger partial charge in [0.25, 0.3) is 5.91 Å². The number of aromatic hydroxyl groups is 1. The SMILES string of the molecule is Cc1ccccc1NCC(=O)N/N=C/c1c(Br)cc(Br)c(O)c1Br. The highest BCUT2D eigenvalue weighted by atomic mass is 79.9. The number of hydrogen-bond donors (Lipinski definition) is 3. The molecule has 0 aromatic heterocycles. The minimum absolute atomic E-state index is 0.0622. The van der Waals surface area contributed by atoms with Crippen LogP contribution in [0.4, 0.5) is 5.69 Å². The molecule has 2 aromatic carbocycles. The summed E-state index contributed by atoms with van der Waals surface area (Å²) in [7, 11) is 0. The molecule has 0 saturated heterocycles. The summed E-state index contributed by atoms with van der Waals surface area (Å²) >= 11 is 9.91. The zero-order valence-corrected chi connectivity index (χ0v) is 17.4. The van der Waals surface area contributed by atoms with Crippen molar-refractivity contribution in [3.63, 3.8) is 0 Å². The van der Waals surface area contributed by atoms with Gasteiger partial charge in [-0.2, -0.15) is 5.10 Å². The maximum absolute atomic E-state index is 11.8. The van der Waals surface area contributed by atoms with Crippen LogP contribution in [0.25, 0.3) is 0 Å². The second kappa shape index (κ2) is 8.64. The Morgan fingerprint density at radius 1 is 1.25 bits per heavy atom. The lowest BCUT2D eigenvalue weighted by molar-refractivity contribution is -0.119. The van der Waals surface area contributed by atoms with Gasteiger partial charge in [0.15, 0.2) is 0 Å². The molecule has 0 fully saturated rings. The quantitative estimate of drug-likeness (QED) is 0.401. The van der Waals surface area contributed by atoms with E-state index in [9.17, 15) is 9.90 Å². The molecular weight excluding hydrogens is 506 g/mol. The summed E-state index contributed by atoms with van der Waals surface area (Å²) in [6.45, 7) is 2.07. The highest BCUT2D eigenvalue weighted by molar-refractivity contribution is 9.11. The van der Waals surface area contributed by atoms with Gasteiger partial charge in [-0.1, -0.05) is 34.1 Å². The van der Waals surface area contributed by atoms with Gasteiger partial charge in [0.2, 0.25) is 0 Å². The number of carbonyl (C=O) groups is 1. The first-order chi connectivity index (χ1) is 11.4. The first-order valence-electron chi connectivity index (χ1n) is 6.88. The minimum atomic E-state index is -0.275. The van der Waals surface area contributed by atoms with Crippen molar-refractivity contribution in [2.24, 2.45) is 5.10 Å². The topological polar surface area (TPSA) is 73.7 Å². The van der Waals surface area contributed by atoms with E-state index in [2.05, 4.69) is 63.6 Å². The Morgan fingerprint density at radius 3 is 2.67 bits per heavy atom. The number of nitrogens with one attached hydrogen (secondary N) is 2. The number of phenols is 1. The summed E-state index contributed by atoms with van der Waals surface area (Å²) in [5.74, 6) is -0.213. The second-order valence-corrected chi connectivity index (χ2v) is 7.38.